The number of fused-ring (bicyclic) bond motifs is 1. The normalized spacial score (nSPS) is 17.4. The van der Waals surface area contributed by atoms with Crippen LogP contribution in [0.1, 0.15) is 0 Å². The Labute approximate surface area is 114 Å². The molecule has 0 saturated carbocycles. The first kappa shape index (κ1) is 13.6. The quantitative estimate of drug-likeness (QED) is 0.710. The second-order valence-electron chi connectivity index (χ2n) is 4.16. The van der Waals surface area contributed by atoms with Gasteiger partial charge in [0, 0.05) is 12.2 Å². The molecule has 20 heavy (non-hydrogen) atoms. The number of hydrogen-bond acceptors (Lipinski definition) is 4. The average molecular weight is 275 g/mol. The summed E-state index contributed by atoms with van der Waals surface area (Å²) < 4.78 is 5.42. The molecule has 2 rings (SSSR count). The van der Waals surface area contributed by atoms with Crippen molar-refractivity contribution < 1.29 is 19.1 Å². The highest BCUT2D eigenvalue weighted by Gasteiger charge is 2.31. The van der Waals surface area contributed by atoms with Crippen molar-refractivity contribution in [3.63, 3.8) is 0 Å². The fraction of sp³-hybridized carbons (Fsp3) is 0.154. The number of carbonyl (C=O) groups is 3. The number of ether oxygens (including phenoxy) is 1. The predicted octanol–water partition coefficient (Wildman–Crippen LogP) is -0.693. The number of anilines is 1. The third kappa shape index (κ3) is 2.77. The number of benzene rings is 1. The smallest absolute Gasteiger partial charge is 0.260 e. The number of primary amides is 2. The highest BCUT2D eigenvalue weighted by molar-refractivity contribution is 6.06. The van der Waals surface area contributed by atoms with Crippen molar-refractivity contribution in [1.29, 1.82) is 0 Å². The van der Waals surface area contributed by atoms with Crippen LogP contribution in [0, 0.1) is 0 Å². The van der Waals surface area contributed by atoms with Gasteiger partial charge in [0.2, 0.25) is 5.91 Å². The molecule has 0 radical (unpaired) electrons. The fourth-order valence-electron chi connectivity index (χ4n) is 1.83. The first-order chi connectivity index (χ1) is 9.49. The summed E-state index contributed by atoms with van der Waals surface area (Å²) in [4.78, 5) is 35.3. The van der Waals surface area contributed by atoms with Gasteiger partial charge in [-0.3, -0.25) is 14.4 Å². The summed E-state index contributed by atoms with van der Waals surface area (Å²) in [6.45, 7) is -0.0196. The Hall–Kier alpha value is -2.83. The van der Waals surface area contributed by atoms with Gasteiger partial charge in [-0.25, -0.2) is 0 Å². The van der Waals surface area contributed by atoms with E-state index in [1.807, 2.05) is 0 Å². The Bertz CT molecular complexity index is 597. The standard InChI is InChI=1S/C13H13N3O4/c14-11(17)5-6-12(18)16-7-10(13(15)19)20-9-4-2-1-3-8(9)16/h1-6,10H,7H2,(H2,14,17)(H2,15,19)/b6-5-. The van der Waals surface area contributed by atoms with E-state index in [9.17, 15) is 14.4 Å². The summed E-state index contributed by atoms with van der Waals surface area (Å²) in [7, 11) is 0. The van der Waals surface area contributed by atoms with Crippen LogP contribution >= 0.6 is 0 Å². The van der Waals surface area contributed by atoms with E-state index < -0.39 is 23.8 Å². The zero-order chi connectivity index (χ0) is 14.7. The van der Waals surface area contributed by atoms with Gasteiger partial charge < -0.3 is 21.1 Å². The van der Waals surface area contributed by atoms with Crippen molar-refractivity contribution in [3.05, 3.63) is 36.4 Å². The Balaban J connectivity index is 2.33. The van der Waals surface area contributed by atoms with Crippen molar-refractivity contribution in [2.45, 2.75) is 6.10 Å². The van der Waals surface area contributed by atoms with Crippen molar-refractivity contribution in [2.75, 3.05) is 11.4 Å². The van der Waals surface area contributed by atoms with E-state index >= 15 is 0 Å². The van der Waals surface area contributed by atoms with Crippen molar-refractivity contribution in [1.82, 2.24) is 0 Å². The van der Waals surface area contributed by atoms with Gasteiger partial charge in [0.25, 0.3) is 11.8 Å². The SMILES string of the molecule is NC(=O)/C=C\C(=O)N1CC(C(N)=O)Oc2ccccc21. The van der Waals surface area contributed by atoms with E-state index in [4.69, 9.17) is 16.2 Å². The van der Waals surface area contributed by atoms with E-state index in [1.54, 1.807) is 24.3 Å². The van der Waals surface area contributed by atoms with Gasteiger partial charge in [-0.05, 0) is 12.1 Å². The zero-order valence-corrected chi connectivity index (χ0v) is 10.5. The molecule has 1 atom stereocenters. The Morgan fingerprint density at radius 3 is 2.55 bits per heavy atom. The number of rotatable bonds is 3. The molecule has 7 heteroatoms. The van der Waals surface area contributed by atoms with Crippen LogP contribution in [-0.4, -0.2) is 30.4 Å². The first-order valence-corrected chi connectivity index (χ1v) is 5.83. The lowest BCUT2D eigenvalue weighted by Crippen LogP contribution is -2.49. The Morgan fingerprint density at radius 1 is 1.20 bits per heavy atom. The summed E-state index contributed by atoms with van der Waals surface area (Å²) in [5, 5.41) is 0. The van der Waals surface area contributed by atoms with Gasteiger partial charge in [-0.1, -0.05) is 12.1 Å². The molecule has 0 saturated heterocycles. The third-order valence-corrected chi connectivity index (χ3v) is 2.75. The fourth-order valence-corrected chi connectivity index (χ4v) is 1.83. The lowest BCUT2D eigenvalue weighted by atomic mass is 10.1. The summed E-state index contributed by atoms with van der Waals surface area (Å²) in [6, 6.07) is 6.74. The van der Waals surface area contributed by atoms with Crippen LogP contribution in [-0.2, 0) is 14.4 Å². The van der Waals surface area contributed by atoms with Crippen molar-refractivity contribution in [2.24, 2.45) is 11.5 Å². The summed E-state index contributed by atoms with van der Waals surface area (Å²) in [6.07, 6.45) is 1.07. The highest BCUT2D eigenvalue weighted by Crippen LogP contribution is 2.33. The monoisotopic (exact) mass is 275 g/mol. The molecule has 4 N–H and O–H groups in total. The molecule has 0 aliphatic carbocycles. The van der Waals surface area contributed by atoms with Crippen LogP contribution in [0.15, 0.2) is 36.4 Å². The van der Waals surface area contributed by atoms with Gasteiger partial charge in [-0.2, -0.15) is 0 Å². The van der Waals surface area contributed by atoms with Crippen LogP contribution in [0.25, 0.3) is 0 Å². The summed E-state index contributed by atoms with van der Waals surface area (Å²) >= 11 is 0. The summed E-state index contributed by atoms with van der Waals surface area (Å²) in [5.74, 6) is -1.50. The van der Waals surface area contributed by atoms with E-state index in [0.29, 0.717) is 11.4 Å². The second kappa shape index (κ2) is 5.43. The summed E-state index contributed by atoms with van der Waals surface area (Å²) in [5.41, 5.74) is 10.7. The van der Waals surface area contributed by atoms with Gasteiger partial charge in [0.15, 0.2) is 6.10 Å². The maximum atomic E-state index is 12.1. The minimum Gasteiger partial charge on any atom is -0.477 e. The minimum atomic E-state index is -0.934. The molecule has 7 nitrogen and oxygen atoms in total. The third-order valence-electron chi connectivity index (χ3n) is 2.75. The minimum absolute atomic E-state index is 0.0196. The van der Waals surface area contributed by atoms with Gasteiger partial charge in [0.1, 0.15) is 5.75 Å². The molecule has 1 aliphatic heterocycles. The number of carbonyl (C=O) groups excluding carboxylic acids is 3. The topological polar surface area (TPSA) is 116 Å². The van der Waals surface area contributed by atoms with E-state index in [-0.39, 0.29) is 6.54 Å². The molecule has 1 aromatic rings. The van der Waals surface area contributed by atoms with E-state index in [2.05, 4.69) is 0 Å². The number of para-hydroxylation sites is 2. The van der Waals surface area contributed by atoms with E-state index in [1.165, 1.54) is 4.90 Å². The number of hydrogen-bond donors (Lipinski definition) is 2. The van der Waals surface area contributed by atoms with Gasteiger partial charge in [-0.15, -0.1) is 0 Å². The highest BCUT2D eigenvalue weighted by atomic mass is 16.5. The molecule has 1 heterocycles. The molecule has 1 unspecified atom stereocenters. The molecule has 0 bridgehead atoms. The lowest BCUT2D eigenvalue weighted by molar-refractivity contribution is -0.125. The molecule has 104 valence electrons. The molecular formula is C13H13N3O4. The maximum Gasteiger partial charge on any atom is 0.260 e. The molecule has 0 aromatic heterocycles. The van der Waals surface area contributed by atoms with Crippen LogP contribution in [0.4, 0.5) is 5.69 Å². The van der Waals surface area contributed by atoms with Crippen LogP contribution in [0.5, 0.6) is 5.75 Å². The maximum absolute atomic E-state index is 12.1. The predicted molar refractivity (Wildman–Crippen MR) is 70.7 cm³/mol. The first-order valence-electron chi connectivity index (χ1n) is 5.83. The second-order valence-corrected chi connectivity index (χ2v) is 4.16. The molecule has 0 fully saturated rings. The Morgan fingerprint density at radius 2 is 1.90 bits per heavy atom. The largest absolute Gasteiger partial charge is 0.477 e. The molecule has 3 amide bonds. The average Bonchev–Trinajstić information content (AvgIpc) is 2.43. The molecule has 0 spiro atoms. The number of nitrogens with two attached hydrogens (primary N) is 2. The number of amides is 3. The van der Waals surface area contributed by atoms with Crippen LogP contribution < -0.4 is 21.1 Å². The van der Waals surface area contributed by atoms with Gasteiger partial charge >= 0.3 is 0 Å². The molecule has 1 aromatic carbocycles. The van der Waals surface area contributed by atoms with Crippen molar-refractivity contribution >= 4 is 23.4 Å². The van der Waals surface area contributed by atoms with E-state index in [0.717, 1.165) is 12.2 Å². The zero-order valence-electron chi connectivity index (χ0n) is 10.5. The Kier molecular flexibility index (Phi) is 3.69. The van der Waals surface area contributed by atoms with Crippen LogP contribution in [0.3, 0.4) is 0 Å². The number of nitrogens with zero attached hydrogens (tertiary/aromatic N) is 1. The van der Waals surface area contributed by atoms with Gasteiger partial charge in [0.05, 0.1) is 12.2 Å². The lowest BCUT2D eigenvalue weighted by Gasteiger charge is -2.32. The van der Waals surface area contributed by atoms with Crippen LogP contribution in [0.2, 0.25) is 0 Å². The van der Waals surface area contributed by atoms with Crippen molar-refractivity contribution in [3.8, 4) is 5.75 Å². The molecule has 1 aliphatic rings. The molecular weight excluding hydrogens is 262 g/mol.